The van der Waals surface area contributed by atoms with E-state index >= 15 is 0 Å². The first-order valence-electron chi connectivity index (χ1n) is 8.20. The number of carbonyl (C=O) groups excluding carboxylic acids is 1. The zero-order valence-electron chi connectivity index (χ0n) is 14.4. The number of piperazine rings is 1. The van der Waals surface area contributed by atoms with Crippen molar-refractivity contribution in [2.24, 2.45) is 0 Å². The number of halogens is 1. The van der Waals surface area contributed by atoms with E-state index < -0.39 is 10.0 Å². The highest BCUT2D eigenvalue weighted by atomic mass is 35.5. The Balaban J connectivity index is 0.00000225. The summed E-state index contributed by atoms with van der Waals surface area (Å²) in [6, 6.07) is 1.70. The van der Waals surface area contributed by atoms with Gasteiger partial charge in [0.25, 0.3) is 15.9 Å². The van der Waals surface area contributed by atoms with Crippen LogP contribution in [0.3, 0.4) is 0 Å². The molecule has 2 fully saturated rings. The first-order chi connectivity index (χ1) is 11.4. The van der Waals surface area contributed by atoms with Gasteiger partial charge < -0.3 is 14.6 Å². The Bertz CT molecular complexity index is 715. The van der Waals surface area contributed by atoms with Crippen LogP contribution in [-0.2, 0) is 10.0 Å². The Morgan fingerprint density at radius 3 is 2.64 bits per heavy atom. The van der Waals surface area contributed by atoms with Gasteiger partial charge in [-0.2, -0.15) is 0 Å². The molecule has 0 saturated carbocycles. The van der Waals surface area contributed by atoms with Crippen LogP contribution in [0.15, 0.2) is 15.6 Å². The molecule has 8 nitrogen and oxygen atoms in total. The second kappa shape index (κ2) is 8.05. The molecule has 1 aromatic rings. The van der Waals surface area contributed by atoms with Crippen LogP contribution >= 0.6 is 12.4 Å². The molecule has 3 heterocycles. The standard InChI is InChI=1S/C15H24N4O4S.ClH/c1-11-13(9-14(23-11)24(21,22)16-2)15(20)19-6-3-12(10-19)18-7-4-17-5-8-18;/h9,12,16-17H,3-8,10H2,1-2H3;1H. The Hall–Kier alpha value is -1.13. The van der Waals surface area contributed by atoms with E-state index in [2.05, 4.69) is 14.9 Å². The van der Waals surface area contributed by atoms with Crippen molar-refractivity contribution >= 4 is 28.3 Å². The molecule has 0 bridgehead atoms. The number of nitrogens with one attached hydrogen (secondary N) is 2. The highest BCUT2D eigenvalue weighted by Gasteiger charge is 2.33. The minimum absolute atomic E-state index is 0. The monoisotopic (exact) mass is 392 g/mol. The highest BCUT2D eigenvalue weighted by molar-refractivity contribution is 7.89. The van der Waals surface area contributed by atoms with Crippen molar-refractivity contribution in [3.63, 3.8) is 0 Å². The summed E-state index contributed by atoms with van der Waals surface area (Å²) in [4.78, 5) is 17.0. The van der Waals surface area contributed by atoms with Gasteiger partial charge in [-0.25, -0.2) is 13.1 Å². The van der Waals surface area contributed by atoms with E-state index in [0.717, 1.165) is 32.6 Å². The molecule has 0 aromatic carbocycles. The van der Waals surface area contributed by atoms with Crippen molar-refractivity contribution in [3.8, 4) is 0 Å². The van der Waals surface area contributed by atoms with E-state index in [9.17, 15) is 13.2 Å². The average molecular weight is 393 g/mol. The van der Waals surface area contributed by atoms with Crippen molar-refractivity contribution < 1.29 is 17.6 Å². The van der Waals surface area contributed by atoms with E-state index in [0.29, 0.717) is 30.5 Å². The van der Waals surface area contributed by atoms with Crippen LogP contribution in [-0.4, -0.2) is 76.5 Å². The van der Waals surface area contributed by atoms with E-state index in [1.54, 1.807) is 11.8 Å². The fourth-order valence-corrected chi connectivity index (χ4v) is 4.05. The van der Waals surface area contributed by atoms with Gasteiger partial charge in [-0.1, -0.05) is 0 Å². The fourth-order valence-electron chi connectivity index (χ4n) is 3.34. The SMILES string of the molecule is CNS(=O)(=O)c1cc(C(=O)N2CCC(N3CCNCC3)C2)c(C)o1.Cl. The molecule has 25 heavy (non-hydrogen) atoms. The minimum atomic E-state index is -3.69. The maximum Gasteiger partial charge on any atom is 0.273 e. The molecule has 1 aromatic heterocycles. The topological polar surface area (TPSA) is 94.9 Å². The number of furan rings is 1. The van der Waals surface area contributed by atoms with Gasteiger partial charge in [-0.05, 0) is 20.4 Å². The van der Waals surface area contributed by atoms with E-state index in [4.69, 9.17) is 4.42 Å². The summed E-state index contributed by atoms with van der Waals surface area (Å²) in [5, 5.41) is 3.11. The van der Waals surface area contributed by atoms with Crippen LogP contribution in [0.4, 0.5) is 0 Å². The molecular weight excluding hydrogens is 368 g/mol. The summed E-state index contributed by atoms with van der Waals surface area (Å²) in [5.74, 6) is 0.172. The Morgan fingerprint density at radius 1 is 1.32 bits per heavy atom. The number of likely N-dealkylation sites (tertiary alicyclic amines) is 1. The summed E-state index contributed by atoms with van der Waals surface area (Å²) in [6.07, 6.45) is 0.949. The van der Waals surface area contributed by atoms with Crippen molar-refractivity contribution in [3.05, 3.63) is 17.4 Å². The number of aryl methyl sites for hydroxylation is 1. The molecule has 10 heteroatoms. The molecule has 2 N–H and O–H groups in total. The van der Waals surface area contributed by atoms with Crippen LogP contribution in [0.5, 0.6) is 0 Å². The van der Waals surface area contributed by atoms with Gasteiger partial charge in [0.05, 0.1) is 5.56 Å². The van der Waals surface area contributed by atoms with E-state index in [1.165, 1.54) is 13.1 Å². The van der Waals surface area contributed by atoms with Crippen molar-refractivity contribution in [1.82, 2.24) is 19.8 Å². The number of amides is 1. The van der Waals surface area contributed by atoms with E-state index in [-0.39, 0.29) is 23.4 Å². The lowest BCUT2D eigenvalue weighted by Gasteiger charge is -2.32. The second-order valence-electron chi connectivity index (χ2n) is 6.22. The third kappa shape index (κ3) is 4.17. The number of rotatable bonds is 4. The maximum absolute atomic E-state index is 12.7. The number of sulfonamides is 1. The zero-order valence-corrected chi connectivity index (χ0v) is 16.1. The molecule has 0 aliphatic carbocycles. The molecule has 2 saturated heterocycles. The third-order valence-corrected chi connectivity index (χ3v) is 6.05. The van der Waals surface area contributed by atoms with Crippen molar-refractivity contribution in [1.29, 1.82) is 0 Å². The molecule has 3 rings (SSSR count). The summed E-state index contributed by atoms with van der Waals surface area (Å²) in [7, 11) is -2.37. The lowest BCUT2D eigenvalue weighted by atomic mass is 10.2. The quantitative estimate of drug-likeness (QED) is 0.751. The van der Waals surface area contributed by atoms with Crippen LogP contribution in [0.1, 0.15) is 22.5 Å². The first kappa shape index (κ1) is 20.2. The molecule has 1 atom stereocenters. The van der Waals surface area contributed by atoms with Crippen LogP contribution in [0.2, 0.25) is 0 Å². The number of hydrogen-bond donors (Lipinski definition) is 2. The predicted molar refractivity (Wildman–Crippen MR) is 95.7 cm³/mol. The Morgan fingerprint density at radius 2 is 2.00 bits per heavy atom. The van der Waals surface area contributed by atoms with Gasteiger partial charge in [0.1, 0.15) is 5.76 Å². The minimum Gasteiger partial charge on any atom is -0.448 e. The predicted octanol–water partition coefficient (Wildman–Crippen LogP) is 0.0376. The lowest BCUT2D eigenvalue weighted by Crippen LogP contribution is -2.49. The van der Waals surface area contributed by atoms with Gasteiger partial charge >= 0.3 is 0 Å². The first-order valence-corrected chi connectivity index (χ1v) is 9.68. The van der Waals surface area contributed by atoms with Crippen LogP contribution in [0.25, 0.3) is 0 Å². The largest absolute Gasteiger partial charge is 0.448 e. The lowest BCUT2D eigenvalue weighted by molar-refractivity contribution is 0.0771. The summed E-state index contributed by atoms with van der Waals surface area (Å²) < 4.78 is 31.1. The van der Waals surface area contributed by atoms with Crippen molar-refractivity contribution in [2.45, 2.75) is 24.5 Å². The van der Waals surface area contributed by atoms with Gasteiger partial charge in [0.2, 0.25) is 5.09 Å². The molecule has 142 valence electrons. The van der Waals surface area contributed by atoms with Gasteiger partial charge in [-0.3, -0.25) is 9.69 Å². The molecular formula is C15H25ClN4O4S. The fraction of sp³-hybridized carbons (Fsp3) is 0.667. The maximum atomic E-state index is 12.7. The highest BCUT2D eigenvalue weighted by Crippen LogP contribution is 2.23. The Labute approximate surface area is 154 Å². The average Bonchev–Trinajstić information content (AvgIpc) is 3.22. The summed E-state index contributed by atoms with van der Waals surface area (Å²) in [5.41, 5.74) is 0.324. The normalized spacial score (nSPS) is 22.0. The van der Waals surface area contributed by atoms with Gasteiger partial charge in [0.15, 0.2) is 0 Å². The van der Waals surface area contributed by atoms with E-state index in [1.807, 2.05) is 0 Å². The molecule has 2 aliphatic heterocycles. The number of nitrogens with zero attached hydrogens (tertiary/aromatic N) is 2. The molecule has 1 unspecified atom stereocenters. The third-order valence-electron chi connectivity index (χ3n) is 4.78. The van der Waals surface area contributed by atoms with Gasteiger partial charge in [0, 0.05) is 51.4 Å². The molecule has 2 aliphatic rings. The van der Waals surface area contributed by atoms with Crippen LogP contribution < -0.4 is 10.0 Å². The van der Waals surface area contributed by atoms with Crippen molar-refractivity contribution in [2.75, 3.05) is 46.3 Å². The number of hydrogen-bond acceptors (Lipinski definition) is 6. The molecule has 1 amide bonds. The summed E-state index contributed by atoms with van der Waals surface area (Å²) >= 11 is 0. The molecule has 0 spiro atoms. The van der Waals surface area contributed by atoms with Gasteiger partial charge in [-0.15, -0.1) is 12.4 Å². The summed E-state index contributed by atoms with van der Waals surface area (Å²) in [6.45, 7) is 6.95. The number of carbonyl (C=O) groups is 1. The second-order valence-corrected chi connectivity index (χ2v) is 8.04. The van der Waals surface area contributed by atoms with Crippen LogP contribution in [0, 0.1) is 6.92 Å². The zero-order chi connectivity index (χ0) is 17.3. The Kier molecular flexibility index (Phi) is 6.50. The smallest absolute Gasteiger partial charge is 0.273 e. The molecule has 0 radical (unpaired) electrons.